The van der Waals surface area contributed by atoms with Gasteiger partial charge in [0.25, 0.3) is 0 Å². The van der Waals surface area contributed by atoms with Crippen LogP contribution in [0, 0.1) is 11.8 Å². The van der Waals surface area contributed by atoms with Gasteiger partial charge in [-0.25, -0.2) is 9.97 Å². The summed E-state index contributed by atoms with van der Waals surface area (Å²) in [7, 11) is 0. The van der Waals surface area contributed by atoms with Gasteiger partial charge < -0.3 is 5.32 Å². The molecule has 1 aromatic heterocycles. The van der Waals surface area contributed by atoms with Gasteiger partial charge in [-0.05, 0) is 77.9 Å². The summed E-state index contributed by atoms with van der Waals surface area (Å²) in [4.78, 5) is 12.4. The number of anilines is 1. The number of nitrogens with zero attached hydrogens (tertiary/aromatic N) is 3. The molecule has 7 rings (SSSR count). The summed E-state index contributed by atoms with van der Waals surface area (Å²) in [6.07, 6.45) is 6.98. The number of piperidine rings is 1. The molecule has 0 unspecified atom stereocenters. The zero-order valence-corrected chi connectivity index (χ0v) is 22.0. The minimum absolute atomic E-state index is 0.163. The van der Waals surface area contributed by atoms with Crippen LogP contribution in [0.3, 0.4) is 0 Å². The summed E-state index contributed by atoms with van der Waals surface area (Å²) in [6, 6.07) is 24.6. The SMILES string of the molecule is C[C@H]1[C@H]2Cc3ccc4c(NCc5ccc(-c6ccccc6)cc5)ncnc4c3[C@]1(C)CCN2CC1CC1. The van der Waals surface area contributed by atoms with Crippen molar-refractivity contribution < 1.29 is 0 Å². The largest absolute Gasteiger partial charge is 0.365 e. The molecule has 188 valence electrons. The summed E-state index contributed by atoms with van der Waals surface area (Å²) in [5.74, 6) is 2.52. The molecule has 3 atom stereocenters. The topological polar surface area (TPSA) is 41.1 Å². The molecule has 2 aliphatic carbocycles. The standard InChI is InChI=1S/C33H36N4/c1-22-29-18-27-14-15-28-31(30(27)33(22,2)16-17-37(29)20-24-8-9-24)35-21-36-32(28)34-19-23-10-12-26(13-11-23)25-6-4-3-5-7-25/h3-7,10-15,21-22,24,29H,8-9,16-20H2,1-2H3,(H,34,35,36)/t22-,29+,33+/m0/s1. The van der Waals surface area contributed by atoms with Gasteiger partial charge in [-0.3, -0.25) is 4.90 Å². The molecule has 3 aliphatic rings. The first kappa shape index (κ1) is 22.9. The van der Waals surface area contributed by atoms with E-state index >= 15 is 0 Å². The van der Waals surface area contributed by atoms with Crippen molar-refractivity contribution in [2.24, 2.45) is 11.8 Å². The molecule has 1 aliphatic heterocycles. The molecule has 2 heterocycles. The highest BCUT2D eigenvalue weighted by atomic mass is 15.2. The second kappa shape index (κ2) is 8.95. The third-order valence-corrected chi connectivity index (χ3v) is 9.57. The Morgan fingerprint density at radius 1 is 0.946 bits per heavy atom. The van der Waals surface area contributed by atoms with E-state index in [4.69, 9.17) is 4.98 Å². The summed E-state index contributed by atoms with van der Waals surface area (Å²) in [5.41, 5.74) is 8.03. The zero-order valence-electron chi connectivity index (χ0n) is 22.0. The lowest BCUT2D eigenvalue weighted by Gasteiger charge is -2.55. The van der Waals surface area contributed by atoms with E-state index in [1.807, 2.05) is 0 Å². The third kappa shape index (κ3) is 4.02. The number of nitrogens with one attached hydrogen (secondary N) is 1. The molecule has 4 heteroatoms. The second-order valence-corrected chi connectivity index (χ2v) is 11.8. The number of rotatable bonds is 6. The predicted molar refractivity (Wildman–Crippen MR) is 152 cm³/mol. The lowest BCUT2D eigenvalue weighted by Crippen LogP contribution is -2.58. The van der Waals surface area contributed by atoms with Gasteiger partial charge in [-0.15, -0.1) is 0 Å². The van der Waals surface area contributed by atoms with Crippen molar-refractivity contribution in [3.8, 4) is 11.1 Å². The van der Waals surface area contributed by atoms with E-state index < -0.39 is 0 Å². The first-order chi connectivity index (χ1) is 18.1. The van der Waals surface area contributed by atoms with E-state index in [1.54, 1.807) is 6.33 Å². The number of hydrogen-bond acceptors (Lipinski definition) is 4. The quantitative estimate of drug-likeness (QED) is 0.322. The highest BCUT2D eigenvalue weighted by Crippen LogP contribution is 2.51. The minimum Gasteiger partial charge on any atom is -0.365 e. The van der Waals surface area contributed by atoms with Crippen molar-refractivity contribution in [1.29, 1.82) is 0 Å². The first-order valence-corrected chi connectivity index (χ1v) is 14.0. The molecule has 0 spiro atoms. The average molecular weight is 489 g/mol. The fraction of sp³-hybridized carbons (Fsp3) is 0.394. The average Bonchev–Trinajstić information content (AvgIpc) is 3.75. The van der Waals surface area contributed by atoms with Crippen LogP contribution in [0.4, 0.5) is 5.82 Å². The maximum absolute atomic E-state index is 4.89. The highest BCUT2D eigenvalue weighted by Gasteiger charge is 2.50. The van der Waals surface area contributed by atoms with Crippen LogP contribution in [0.1, 0.15) is 49.8 Å². The van der Waals surface area contributed by atoms with Crippen LogP contribution in [0.25, 0.3) is 22.0 Å². The number of likely N-dealkylation sites (tertiary alicyclic amines) is 1. The van der Waals surface area contributed by atoms with Crippen LogP contribution in [-0.4, -0.2) is 34.0 Å². The van der Waals surface area contributed by atoms with Gasteiger partial charge in [-0.2, -0.15) is 0 Å². The summed E-state index contributed by atoms with van der Waals surface area (Å²) in [5, 5.41) is 4.77. The molecule has 1 saturated heterocycles. The van der Waals surface area contributed by atoms with E-state index in [2.05, 4.69) is 95.8 Å². The molecule has 4 nitrogen and oxygen atoms in total. The lowest BCUT2D eigenvalue weighted by molar-refractivity contribution is 0.0291. The molecule has 0 amide bonds. The molecule has 2 bridgehead atoms. The van der Waals surface area contributed by atoms with Crippen LogP contribution in [0.2, 0.25) is 0 Å². The number of benzene rings is 3. The Balaban J connectivity index is 1.16. The van der Waals surface area contributed by atoms with E-state index in [1.165, 1.54) is 60.2 Å². The maximum Gasteiger partial charge on any atom is 0.137 e. The van der Waals surface area contributed by atoms with Gasteiger partial charge in [0.2, 0.25) is 0 Å². The van der Waals surface area contributed by atoms with Crippen LogP contribution in [0.5, 0.6) is 0 Å². The first-order valence-electron chi connectivity index (χ1n) is 14.0. The summed E-state index contributed by atoms with van der Waals surface area (Å²) >= 11 is 0. The predicted octanol–water partition coefficient (Wildman–Crippen LogP) is 6.84. The van der Waals surface area contributed by atoms with Crippen molar-refractivity contribution in [1.82, 2.24) is 14.9 Å². The Morgan fingerprint density at radius 3 is 2.51 bits per heavy atom. The van der Waals surface area contributed by atoms with Crippen LogP contribution < -0.4 is 5.32 Å². The van der Waals surface area contributed by atoms with E-state index in [0.29, 0.717) is 12.0 Å². The molecular weight excluding hydrogens is 452 g/mol. The van der Waals surface area contributed by atoms with Crippen molar-refractivity contribution in [2.45, 2.75) is 57.5 Å². The van der Waals surface area contributed by atoms with Gasteiger partial charge in [0.1, 0.15) is 12.1 Å². The van der Waals surface area contributed by atoms with E-state index in [9.17, 15) is 0 Å². The van der Waals surface area contributed by atoms with Crippen LogP contribution in [-0.2, 0) is 18.4 Å². The molecular formula is C33H36N4. The van der Waals surface area contributed by atoms with Crippen molar-refractivity contribution >= 4 is 16.7 Å². The van der Waals surface area contributed by atoms with Crippen molar-refractivity contribution in [3.63, 3.8) is 0 Å². The zero-order chi connectivity index (χ0) is 25.0. The second-order valence-electron chi connectivity index (χ2n) is 11.8. The number of hydrogen-bond donors (Lipinski definition) is 1. The minimum atomic E-state index is 0.163. The van der Waals surface area contributed by atoms with Gasteiger partial charge >= 0.3 is 0 Å². The Morgan fingerprint density at radius 2 is 1.73 bits per heavy atom. The van der Waals surface area contributed by atoms with Gasteiger partial charge in [-0.1, -0.05) is 74.5 Å². The smallest absolute Gasteiger partial charge is 0.137 e. The van der Waals surface area contributed by atoms with Crippen molar-refractivity contribution in [2.75, 3.05) is 18.4 Å². The molecule has 0 radical (unpaired) electrons. The molecule has 4 aromatic rings. The summed E-state index contributed by atoms with van der Waals surface area (Å²) in [6.45, 7) is 8.25. The van der Waals surface area contributed by atoms with Gasteiger partial charge in [0, 0.05) is 29.9 Å². The van der Waals surface area contributed by atoms with Crippen LogP contribution >= 0.6 is 0 Å². The van der Waals surface area contributed by atoms with E-state index in [0.717, 1.165) is 35.6 Å². The fourth-order valence-electron chi connectivity index (χ4n) is 7.00. The lowest BCUT2D eigenvalue weighted by atomic mass is 9.58. The molecule has 37 heavy (non-hydrogen) atoms. The Bertz CT molecular complexity index is 1430. The fourth-order valence-corrected chi connectivity index (χ4v) is 7.00. The molecule has 1 saturated carbocycles. The van der Waals surface area contributed by atoms with E-state index in [-0.39, 0.29) is 5.41 Å². The molecule has 1 N–H and O–H groups in total. The van der Waals surface area contributed by atoms with Gasteiger partial charge in [0.15, 0.2) is 0 Å². The van der Waals surface area contributed by atoms with Gasteiger partial charge in [0.05, 0.1) is 5.52 Å². The Hall–Kier alpha value is -3.24. The van der Waals surface area contributed by atoms with Crippen LogP contribution in [0.15, 0.2) is 73.1 Å². The highest BCUT2D eigenvalue weighted by molar-refractivity contribution is 5.92. The molecule has 3 aromatic carbocycles. The normalized spacial score (nSPS) is 25.1. The Kier molecular flexibility index (Phi) is 5.54. The molecule has 2 fully saturated rings. The Labute approximate surface area is 220 Å². The van der Waals surface area contributed by atoms with Crippen molar-refractivity contribution in [3.05, 3.63) is 89.7 Å². The maximum atomic E-state index is 4.89. The monoisotopic (exact) mass is 488 g/mol. The number of aromatic nitrogens is 2. The number of fused-ring (bicyclic) bond motifs is 6. The third-order valence-electron chi connectivity index (χ3n) is 9.57. The summed E-state index contributed by atoms with van der Waals surface area (Å²) < 4.78 is 0.